The van der Waals surface area contributed by atoms with E-state index in [1.807, 2.05) is 55.6 Å². The number of aromatic amines is 1. The number of ether oxygens (including phenoxy) is 1. The number of rotatable bonds is 17. The normalized spacial score (nSPS) is 15.8. The quantitative estimate of drug-likeness (QED) is 0.108. The summed E-state index contributed by atoms with van der Waals surface area (Å²) in [6.07, 6.45) is 10.0. The number of hydrogen-bond donors (Lipinski definition) is 5. The number of aliphatic carboxylic acids is 1. The number of carbonyl (C=O) groups is 1. The number of carboxylic acid groups (broad SMARTS) is 1. The molecular weight excluding hydrogens is 525 g/mol. The zero-order valence-corrected chi connectivity index (χ0v) is 24.7. The van der Waals surface area contributed by atoms with Crippen molar-refractivity contribution in [2.45, 2.75) is 64.3 Å². The zero-order chi connectivity index (χ0) is 28.2. The maximum absolute atomic E-state index is 12.1. The Morgan fingerprint density at radius 2 is 1.88 bits per heavy atom. The number of fused-ring (bicyclic) bond motifs is 1. The molecule has 1 unspecified atom stereocenters. The molecule has 1 atom stereocenters. The third-order valence-electron chi connectivity index (χ3n) is 7.77. The summed E-state index contributed by atoms with van der Waals surface area (Å²) in [5.74, 6) is 0.638. The standard InChI is InChI=1S/C31H46N3O5P/c1-2-21-40(37,39-20-16-26-23-33-29-9-4-3-8-28(26)29)34-30(31(35)36)22-25-10-12-27(13-11-25)38-19-6-5-7-24-14-17-32-18-15-24/h3-4,8-13,23-24,30,32-34,37,40H,2,5-7,14-22H2,1H3,(H,35,36). The average molecular weight is 572 g/mol. The molecule has 3 aromatic rings. The number of unbranched alkanes of at least 4 members (excludes halogenated alkanes) is 1. The van der Waals surface area contributed by atoms with Crippen LogP contribution in [-0.4, -0.2) is 59.5 Å². The van der Waals surface area contributed by atoms with E-state index in [9.17, 15) is 14.8 Å². The van der Waals surface area contributed by atoms with Crippen molar-refractivity contribution < 1.29 is 24.1 Å². The zero-order valence-electron chi connectivity index (χ0n) is 23.7. The Morgan fingerprint density at radius 1 is 1.10 bits per heavy atom. The van der Waals surface area contributed by atoms with Gasteiger partial charge < -0.3 is 5.32 Å². The molecule has 1 fully saturated rings. The molecule has 0 radical (unpaired) electrons. The van der Waals surface area contributed by atoms with Gasteiger partial charge in [-0.2, -0.15) is 0 Å². The second-order valence-corrected chi connectivity index (χ2v) is 13.6. The van der Waals surface area contributed by atoms with E-state index in [0.29, 0.717) is 32.2 Å². The first-order valence-corrected chi connectivity index (χ1v) is 16.9. The molecule has 1 saturated heterocycles. The number of aromatic nitrogens is 1. The number of hydrogen-bond acceptors (Lipinski definition) is 6. The molecule has 4 rings (SSSR count). The van der Waals surface area contributed by atoms with E-state index in [-0.39, 0.29) is 6.42 Å². The number of nitrogens with one attached hydrogen (secondary N) is 3. The summed E-state index contributed by atoms with van der Waals surface area (Å²) < 4.78 is 11.9. The van der Waals surface area contributed by atoms with E-state index < -0.39 is 19.9 Å². The summed E-state index contributed by atoms with van der Waals surface area (Å²) >= 11 is 0. The number of piperidine rings is 1. The third kappa shape index (κ3) is 9.28. The van der Waals surface area contributed by atoms with E-state index in [1.165, 1.54) is 25.7 Å². The van der Waals surface area contributed by atoms with Crippen LogP contribution in [0.5, 0.6) is 5.75 Å². The molecule has 1 aromatic heterocycles. The van der Waals surface area contributed by atoms with Crippen molar-refractivity contribution in [1.29, 1.82) is 0 Å². The van der Waals surface area contributed by atoms with Crippen LogP contribution >= 0.6 is 7.87 Å². The topological polar surface area (TPSA) is 116 Å². The minimum absolute atomic E-state index is 0.247. The first kappa shape index (κ1) is 30.5. The average Bonchev–Trinajstić information content (AvgIpc) is 3.37. The minimum atomic E-state index is -3.45. The van der Waals surface area contributed by atoms with Crippen molar-refractivity contribution in [2.24, 2.45) is 5.92 Å². The second kappa shape index (κ2) is 15.5. The fraction of sp³-hybridized carbons (Fsp3) is 0.516. The predicted octanol–water partition coefficient (Wildman–Crippen LogP) is 5.46. The fourth-order valence-electron chi connectivity index (χ4n) is 5.52. The van der Waals surface area contributed by atoms with Gasteiger partial charge in [0.05, 0.1) is 0 Å². The van der Waals surface area contributed by atoms with Crippen molar-refractivity contribution >= 4 is 24.7 Å². The van der Waals surface area contributed by atoms with Gasteiger partial charge in [0.15, 0.2) is 0 Å². The molecule has 1 aliphatic heterocycles. The molecule has 0 bridgehead atoms. The molecule has 40 heavy (non-hydrogen) atoms. The summed E-state index contributed by atoms with van der Waals surface area (Å²) in [6.45, 7) is 5.25. The van der Waals surface area contributed by atoms with Crippen LogP contribution in [0.4, 0.5) is 0 Å². The summed E-state index contributed by atoms with van der Waals surface area (Å²) in [6, 6.07) is 14.7. The number of H-pyrrole nitrogens is 1. The molecule has 0 aliphatic carbocycles. The summed E-state index contributed by atoms with van der Waals surface area (Å²) in [5.41, 5.74) is 3.04. The van der Waals surface area contributed by atoms with E-state index >= 15 is 0 Å². The van der Waals surface area contributed by atoms with Crippen LogP contribution in [0.2, 0.25) is 0 Å². The van der Waals surface area contributed by atoms with Gasteiger partial charge in [-0.15, -0.1) is 0 Å². The molecule has 9 heteroatoms. The van der Waals surface area contributed by atoms with E-state index in [2.05, 4.69) is 21.5 Å². The Kier molecular flexibility index (Phi) is 11.8. The van der Waals surface area contributed by atoms with E-state index in [0.717, 1.165) is 53.2 Å². The van der Waals surface area contributed by atoms with Crippen LogP contribution in [0.15, 0.2) is 54.7 Å². The van der Waals surface area contributed by atoms with Gasteiger partial charge in [0.2, 0.25) is 0 Å². The molecule has 5 N–H and O–H groups in total. The summed E-state index contributed by atoms with van der Waals surface area (Å²) in [5, 5.41) is 17.5. The molecule has 2 aromatic carbocycles. The molecule has 2 heterocycles. The van der Waals surface area contributed by atoms with Crippen LogP contribution in [-0.2, 0) is 22.2 Å². The summed E-state index contributed by atoms with van der Waals surface area (Å²) in [4.78, 5) is 26.7. The van der Waals surface area contributed by atoms with Gasteiger partial charge in [0.1, 0.15) is 0 Å². The Balaban J connectivity index is 1.24. The molecule has 0 amide bonds. The Bertz CT molecular complexity index is 1180. The van der Waals surface area contributed by atoms with Crippen LogP contribution in [0.3, 0.4) is 0 Å². The number of benzene rings is 2. The van der Waals surface area contributed by atoms with Crippen LogP contribution in [0.1, 0.15) is 56.6 Å². The van der Waals surface area contributed by atoms with Gasteiger partial charge in [0, 0.05) is 0 Å². The van der Waals surface area contributed by atoms with Gasteiger partial charge >= 0.3 is 201 Å². The molecule has 8 nitrogen and oxygen atoms in total. The Morgan fingerprint density at radius 3 is 2.62 bits per heavy atom. The Hall–Kier alpha value is -2.48. The van der Waals surface area contributed by atoms with Gasteiger partial charge in [0.25, 0.3) is 0 Å². The molecule has 220 valence electrons. The van der Waals surface area contributed by atoms with Crippen molar-refractivity contribution in [3.63, 3.8) is 0 Å². The summed E-state index contributed by atoms with van der Waals surface area (Å²) in [7, 11) is -3.45. The van der Waals surface area contributed by atoms with Gasteiger partial charge in [-0.1, -0.05) is 0 Å². The fourth-order valence-corrected chi connectivity index (χ4v) is 7.78. The molecule has 1 aliphatic rings. The molecular formula is C31H46N3O5P. The molecule has 0 saturated carbocycles. The van der Waals surface area contributed by atoms with Crippen LogP contribution < -0.4 is 15.1 Å². The second-order valence-electron chi connectivity index (χ2n) is 10.9. The maximum atomic E-state index is 12.1. The van der Waals surface area contributed by atoms with Crippen molar-refractivity contribution in [3.05, 3.63) is 65.9 Å². The van der Waals surface area contributed by atoms with E-state index in [4.69, 9.17) is 9.26 Å². The predicted molar refractivity (Wildman–Crippen MR) is 163 cm³/mol. The van der Waals surface area contributed by atoms with Crippen molar-refractivity contribution in [1.82, 2.24) is 15.4 Å². The van der Waals surface area contributed by atoms with Crippen molar-refractivity contribution in [2.75, 3.05) is 32.5 Å². The Labute approximate surface area is 238 Å². The first-order chi connectivity index (χ1) is 19.5. The monoisotopic (exact) mass is 571 g/mol. The van der Waals surface area contributed by atoms with Gasteiger partial charge in [-0.25, -0.2) is 0 Å². The van der Waals surface area contributed by atoms with Gasteiger partial charge in [-0.3, -0.25) is 0 Å². The van der Waals surface area contributed by atoms with Crippen LogP contribution in [0, 0.1) is 5.92 Å². The van der Waals surface area contributed by atoms with Crippen molar-refractivity contribution in [3.8, 4) is 5.75 Å². The number of para-hydroxylation sites is 1. The first-order valence-electron chi connectivity index (χ1n) is 14.8. The van der Waals surface area contributed by atoms with Crippen LogP contribution in [0.25, 0.3) is 10.9 Å². The number of carboxylic acids is 1. The van der Waals surface area contributed by atoms with E-state index in [1.54, 1.807) is 0 Å². The van der Waals surface area contributed by atoms with Gasteiger partial charge in [-0.05, 0) is 31.8 Å². The third-order valence-corrected chi connectivity index (χ3v) is 10.4. The molecule has 0 spiro atoms. The SMILES string of the molecule is CCC[PH](O)(NC(Cc1ccc(OCCCCC2CCNCC2)cc1)C(=O)O)OCCc1c[nH]c2ccccc12.